The monoisotopic (exact) mass is 474 g/mol. The molecule has 4 rings (SSSR count). The van der Waals surface area contributed by atoms with Gasteiger partial charge in [0, 0.05) is 36.4 Å². The summed E-state index contributed by atoms with van der Waals surface area (Å²) >= 11 is 0. The Kier molecular flexibility index (Phi) is 8.24. The molecule has 2 aliphatic carbocycles. The molecule has 2 fully saturated rings. The number of ether oxygens (including phenoxy) is 2. The Balaban J connectivity index is 1.45. The standard InChI is InChI=1S/C29H34N2O4/c1-34-28-16-20(11-13-24(28)30-18-22-7-3-5-9-26(22)32)15-21-12-14-25(29(17-21)35-2)31-19-23-8-4-6-10-27(23)33/h11-14,16-19,30-31H,3-10,15H2,1-2H3. The van der Waals surface area contributed by atoms with E-state index in [0.717, 1.165) is 83.7 Å². The molecule has 0 amide bonds. The van der Waals surface area contributed by atoms with Crippen molar-refractivity contribution >= 4 is 22.9 Å². The molecule has 2 N–H and O–H groups in total. The minimum Gasteiger partial charge on any atom is -0.495 e. The van der Waals surface area contributed by atoms with E-state index < -0.39 is 0 Å². The van der Waals surface area contributed by atoms with Gasteiger partial charge in [-0.3, -0.25) is 9.59 Å². The number of anilines is 2. The van der Waals surface area contributed by atoms with Crippen molar-refractivity contribution in [3.05, 3.63) is 71.1 Å². The summed E-state index contributed by atoms with van der Waals surface area (Å²) in [4.78, 5) is 24.1. The van der Waals surface area contributed by atoms with Crippen LogP contribution in [0.25, 0.3) is 0 Å². The molecule has 35 heavy (non-hydrogen) atoms. The zero-order valence-electron chi connectivity index (χ0n) is 20.6. The van der Waals surface area contributed by atoms with Crippen molar-refractivity contribution in [1.29, 1.82) is 0 Å². The number of carbonyl (C=O) groups excluding carboxylic acids is 2. The summed E-state index contributed by atoms with van der Waals surface area (Å²) in [7, 11) is 3.30. The first-order valence-corrected chi connectivity index (χ1v) is 12.4. The number of carbonyl (C=O) groups is 2. The maximum Gasteiger partial charge on any atom is 0.160 e. The molecule has 0 bridgehead atoms. The fourth-order valence-electron chi connectivity index (χ4n) is 4.60. The van der Waals surface area contributed by atoms with Crippen molar-refractivity contribution in [1.82, 2.24) is 0 Å². The first kappa shape index (κ1) is 24.6. The summed E-state index contributed by atoms with van der Waals surface area (Å²) in [5.41, 5.74) is 5.59. The van der Waals surface area contributed by atoms with Crippen LogP contribution in [-0.4, -0.2) is 25.8 Å². The zero-order chi connectivity index (χ0) is 24.6. The highest BCUT2D eigenvalue weighted by Crippen LogP contribution is 2.31. The maximum atomic E-state index is 12.1. The lowest BCUT2D eigenvalue weighted by atomic mass is 9.94. The van der Waals surface area contributed by atoms with E-state index in [-0.39, 0.29) is 11.6 Å². The molecule has 2 aliphatic rings. The Morgan fingerprint density at radius 1 is 0.686 bits per heavy atom. The molecule has 2 saturated carbocycles. The summed E-state index contributed by atoms with van der Waals surface area (Å²) in [6, 6.07) is 12.1. The summed E-state index contributed by atoms with van der Waals surface area (Å²) in [5.74, 6) is 1.92. The van der Waals surface area contributed by atoms with Crippen LogP contribution in [0.2, 0.25) is 0 Å². The van der Waals surface area contributed by atoms with Crippen LogP contribution in [0.1, 0.15) is 62.5 Å². The summed E-state index contributed by atoms with van der Waals surface area (Å²) in [6.07, 6.45) is 11.4. The molecule has 0 aliphatic heterocycles. The summed E-state index contributed by atoms with van der Waals surface area (Å²) in [5, 5.41) is 6.52. The van der Waals surface area contributed by atoms with E-state index in [4.69, 9.17) is 9.47 Å². The van der Waals surface area contributed by atoms with Crippen LogP contribution in [0.5, 0.6) is 11.5 Å². The van der Waals surface area contributed by atoms with E-state index in [1.165, 1.54) is 0 Å². The van der Waals surface area contributed by atoms with Gasteiger partial charge in [0.1, 0.15) is 11.5 Å². The molecule has 0 spiro atoms. The molecule has 0 radical (unpaired) electrons. The first-order valence-electron chi connectivity index (χ1n) is 12.4. The highest BCUT2D eigenvalue weighted by molar-refractivity contribution is 5.96. The SMILES string of the molecule is COc1cc(Cc2ccc(NC=C3CCCCC3=O)c(OC)c2)ccc1NC=C1CCCCC1=O. The molecule has 6 nitrogen and oxygen atoms in total. The van der Waals surface area contributed by atoms with Crippen LogP contribution in [0.15, 0.2) is 59.9 Å². The van der Waals surface area contributed by atoms with Gasteiger partial charge in [0.05, 0.1) is 25.6 Å². The van der Waals surface area contributed by atoms with E-state index in [1.807, 2.05) is 36.7 Å². The van der Waals surface area contributed by atoms with E-state index in [1.54, 1.807) is 14.2 Å². The fourth-order valence-corrected chi connectivity index (χ4v) is 4.60. The number of benzene rings is 2. The second kappa shape index (κ2) is 11.7. The molecule has 0 aromatic heterocycles. The lowest BCUT2D eigenvalue weighted by Crippen LogP contribution is -2.10. The highest BCUT2D eigenvalue weighted by Gasteiger charge is 2.16. The number of allylic oxidation sites excluding steroid dienone is 2. The molecular weight excluding hydrogens is 440 g/mol. The van der Waals surface area contributed by atoms with Gasteiger partial charge in [-0.15, -0.1) is 0 Å². The van der Waals surface area contributed by atoms with Crippen LogP contribution in [0.3, 0.4) is 0 Å². The van der Waals surface area contributed by atoms with Crippen LogP contribution < -0.4 is 20.1 Å². The molecule has 184 valence electrons. The van der Waals surface area contributed by atoms with Gasteiger partial charge in [0.15, 0.2) is 11.6 Å². The quantitative estimate of drug-likeness (QED) is 0.446. The average Bonchev–Trinajstić information content (AvgIpc) is 2.88. The van der Waals surface area contributed by atoms with Gasteiger partial charge in [-0.25, -0.2) is 0 Å². The molecule has 2 aromatic rings. The van der Waals surface area contributed by atoms with Crippen LogP contribution in [-0.2, 0) is 16.0 Å². The largest absolute Gasteiger partial charge is 0.495 e. The van der Waals surface area contributed by atoms with Gasteiger partial charge in [-0.05, 0) is 80.3 Å². The number of Topliss-reactive ketones (excluding diaryl/α,β-unsaturated/α-hetero) is 2. The topological polar surface area (TPSA) is 76.7 Å². The van der Waals surface area contributed by atoms with Gasteiger partial charge in [0.25, 0.3) is 0 Å². The van der Waals surface area contributed by atoms with Gasteiger partial charge in [-0.2, -0.15) is 0 Å². The minimum absolute atomic E-state index is 0.229. The number of hydrogen-bond acceptors (Lipinski definition) is 6. The Bertz CT molecular complexity index is 1060. The van der Waals surface area contributed by atoms with E-state index in [2.05, 4.69) is 22.8 Å². The Morgan fingerprint density at radius 3 is 1.51 bits per heavy atom. The normalized spacial score (nSPS) is 18.6. The fraction of sp³-hybridized carbons (Fsp3) is 0.379. The van der Waals surface area contributed by atoms with Crippen LogP contribution >= 0.6 is 0 Å². The van der Waals surface area contributed by atoms with E-state index in [9.17, 15) is 9.59 Å². The molecule has 2 aromatic carbocycles. The van der Waals surface area contributed by atoms with Crippen molar-refractivity contribution in [3.8, 4) is 11.5 Å². The Hall–Kier alpha value is -3.54. The van der Waals surface area contributed by atoms with Gasteiger partial charge < -0.3 is 20.1 Å². The van der Waals surface area contributed by atoms with E-state index >= 15 is 0 Å². The highest BCUT2D eigenvalue weighted by atomic mass is 16.5. The number of methoxy groups -OCH3 is 2. The molecule has 0 atom stereocenters. The van der Waals surface area contributed by atoms with Crippen molar-refractivity contribution in [2.24, 2.45) is 0 Å². The Labute approximate surface area is 207 Å². The third kappa shape index (κ3) is 6.32. The number of rotatable bonds is 8. The van der Waals surface area contributed by atoms with Crippen molar-refractivity contribution in [3.63, 3.8) is 0 Å². The predicted molar refractivity (Wildman–Crippen MR) is 139 cm³/mol. The van der Waals surface area contributed by atoms with Crippen molar-refractivity contribution < 1.29 is 19.1 Å². The first-order chi connectivity index (χ1) is 17.1. The molecule has 0 saturated heterocycles. The van der Waals surface area contributed by atoms with E-state index in [0.29, 0.717) is 19.3 Å². The van der Waals surface area contributed by atoms with Crippen molar-refractivity contribution in [2.45, 2.75) is 57.8 Å². The van der Waals surface area contributed by atoms with Gasteiger partial charge in [0.2, 0.25) is 0 Å². The third-order valence-electron chi connectivity index (χ3n) is 6.66. The predicted octanol–water partition coefficient (Wildman–Crippen LogP) is 6.17. The summed E-state index contributed by atoms with van der Waals surface area (Å²) in [6.45, 7) is 0. The lowest BCUT2D eigenvalue weighted by molar-refractivity contribution is -0.117. The zero-order valence-corrected chi connectivity index (χ0v) is 20.6. The Morgan fingerprint density at radius 2 is 1.11 bits per heavy atom. The second-order valence-corrected chi connectivity index (χ2v) is 9.13. The van der Waals surface area contributed by atoms with Gasteiger partial charge in [-0.1, -0.05) is 12.1 Å². The average molecular weight is 475 g/mol. The summed E-state index contributed by atoms with van der Waals surface area (Å²) < 4.78 is 11.2. The van der Waals surface area contributed by atoms with Gasteiger partial charge >= 0.3 is 0 Å². The van der Waals surface area contributed by atoms with Crippen LogP contribution in [0, 0.1) is 0 Å². The third-order valence-corrected chi connectivity index (χ3v) is 6.66. The molecule has 0 heterocycles. The number of ketones is 2. The lowest BCUT2D eigenvalue weighted by Gasteiger charge is -2.16. The van der Waals surface area contributed by atoms with Crippen molar-refractivity contribution in [2.75, 3.05) is 24.9 Å². The second-order valence-electron chi connectivity index (χ2n) is 9.13. The number of nitrogens with one attached hydrogen (secondary N) is 2. The minimum atomic E-state index is 0.229. The smallest absolute Gasteiger partial charge is 0.160 e. The molecular formula is C29H34N2O4. The molecule has 6 heteroatoms. The van der Waals surface area contributed by atoms with Crippen LogP contribution in [0.4, 0.5) is 11.4 Å². The number of hydrogen-bond donors (Lipinski definition) is 2. The molecule has 0 unspecified atom stereocenters. The maximum absolute atomic E-state index is 12.1.